The van der Waals surface area contributed by atoms with Gasteiger partial charge in [-0.1, -0.05) is 15.9 Å². The summed E-state index contributed by atoms with van der Waals surface area (Å²) in [4.78, 5) is 0. The van der Waals surface area contributed by atoms with Crippen molar-refractivity contribution in [3.8, 4) is 0 Å². The summed E-state index contributed by atoms with van der Waals surface area (Å²) in [6, 6.07) is 1.40. The van der Waals surface area contributed by atoms with E-state index in [0.717, 1.165) is 0 Å². The van der Waals surface area contributed by atoms with Crippen LogP contribution in [0, 0.1) is 0 Å². The van der Waals surface area contributed by atoms with Crippen molar-refractivity contribution in [3.05, 3.63) is 15.9 Å². The summed E-state index contributed by atoms with van der Waals surface area (Å²) < 4.78 is 35.4. The molecule has 0 aliphatic rings. The van der Waals surface area contributed by atoms with E-state index in [1.807, 2.05) is 0 Å². The highest BCUT2D eigenvalue weighted by Crippen LogP contribution is 2.20. The highest BCUT2D eigenvalue weighted by Gasteiger charge is 2.28. The summed E-state index contributed by atoms with van der Waals surface area (Å²) in [5, 5.41) is 1.41. The zero-order chi connectivity index (χ0) is 7.78. The van der Waals surface area contributed by atoms with Gasteiger partial charge >= 0.3 is 6.98 Å². The molecule has 10 heavy (non-hydrogen) atoms. The van der Waals surface area contributed by atoms with Crippen LogP contribution < -0.4 is 4.78 Å². The molecule has 0 aromatic carbocycles. The van der Waals surface area contributed by atoms with Gasteiger partial charge in [-0.25, -0.2) is 0 Å². The lowest BCUT2D eigenvalue weighted by molar-refractivity contribution is 0.502. The van der Waals surface area contributed by atoms with Gasteiger partial charge in [-0.2, -0.15) is 11.3 Å². The van der Waals surface area contributed by atoms with E-state index in [4.69, 9.17) is 0 Å². The number of thiophene rings is 1. The first-order valence-corrected chi connectivity index (χ1v) is 4.12. The maximum Gasteiger partial charge on any atom is 0.520 e. The third-order valence-electron chi connectivity index (χ3n) is 0.942. The zero-order valence-electron chi connectivity index (χ0n) is 4.65. The van der Waals surface area contributed by atoms with Gasteiger partial charge in [0.05, 0.1) is 0 Å². The van der Waals surface area contributed by atoms with Crippen LogP contribution in [0.15, 0.2) is 15.9 Å². The molecule has 0 aliphatic heterocycles. The van der Waals surface area contributed by atoms with Gasteiger partial charge in [0, 0.05) is 4.47 Å². The fourth-order valence-corrected chi connectivity index (χ4v) is 2.07. The van der Waals surface area contributed by atoms with Crippen molar-refractivity contribution in [2.45, 2.75) is 0 Å². The second-order valence-electron chi connectivity index (χ2n) is 1.71. The minimum atomic E-state index is -4.82. The molecule has 0 saturated carbocycles. The first-order valence-electron chi connectivity index (χ1n) is 2.44. The molecule has 0 saturated heterocycles. The average Bonchev–Trinajstić information content (AvgIpc) is 2.11. The third-order valence-corrected chi connectivity index (χ3v) is 2.91. The Labute approximate surface area is 68.2 Å². The van der Waals surface area contributed by atoms with Gasteiger partial charge in [-0.15, -0.1) is 0 Å². The predicted molar refractivity (Wildman–Crippen MR) is 40.7 cm³/mol. The maximum absolute atomic E-state index is 11.9. The minimum absolute atomic E-state index is 0.144. The smallest absolute Gasteiger partial charge is 0.444 e. The first kappa shape index (κ1) is 8.13. The Kier molecular flexibility index (Phi) is 2.10. The van der Waals surface area contributed by atoms with Crippen LogP contribution in [0.4, 0.5) is 12.9 Å². The van der Waals surface area contributed by atoms with Gasteiger partial charge in [0.2, 0.25) is 0 Å². The normalized spacial score (nSPS) is 12.0. The molecule has 0 N–H and O–H groups in total. The van der Waals surface area contributed by atoms with Crippen LogP contribution in [0.25, 0.3) is 0 Å². The van der Waals surface area contributed by atoms with Crippen LogP contribution in [-0.4, -0.2) is 6.98 Å². The monoisotopic (exact) mass is 229 g/mol. The fraction of sp³-hybridized carbons (Fsp3) is 0. The Morgan fingerprint density at radius 3 is 2.20 bits per heavy atom. The SMILES string of the molecule is F[B-](F)(F)c1sccc1Br. The molecule has 0 spiro atoms. The van der Waals surface area contributed by atoms with Gasteiger partial charge in [0.1, 0.15) is 0 Å². The summed E-state index contributed by atoms with van der Waals surface area (Å²) in [6.45, 7) is -4.82. The quantitative estimate of drug-likeness (QED) is 0.650. The molecule has 0 atom stereocenters. The molecule has 0 nitrogen and oxygen atoms in total. The Morgan fingerprint density at radius 1 is 1.40 bits per heavy atom. The van der Waals surface area contributed by atoms with Crippen molar-refractivity contribution in [1.29, 1.82) is 0 Å². The Hall–Kier alpha value is 0.0349. The minimum Gasteiger partial charge on any atom is -0.444 e. The van der Waals surface area contributed by atoms with Gasteiger partial charge in [0.25, 0.3) is 0 Å². The summed E-state index contributed by atoms with van der Waals surface area (Å²) in [7, 11) is 0. The van der Waals surface area contributed by atoms with Crippen LogP contribution in [0.1, 0.15) is 0 Å². The fourth-order valence-electron chi connectivity index (χ4n) is 0.539. The van der Waals surface area contributed by atoms with Crippen LogP contribution >= 0.6 is 27.3 Å². The second kappa shape index (κ2) is 2.58. The lowest BCUT2D eigenvalue weighted by Crippen LogP contribution is -2.31. The topological polar surface area (TPSA) is 0 Å². The zero-order valence-corrected chi connectivity index (χ0v) is 7.05. The molecule has 0 fully saturated rings. The molecular weight excluding hydrogens is 228 g/mol. The largest absolute Gasteiger partial charge is 0.520 e. The molecule has 56 valence electrons. The van der Waals surface area contributed by atoms with Crippen molar-refractivity contribution in [1.82, 2.24) is 0 Å². The van der Waals surface area contributed by atoms with E-state index in [1.54, 1.807) is 0 Å². The van der Waals surface area contributed by atoms with E-state index in [2.05, 4.69) is 15.9 Å². The summed E-state index contributed by atoms with van der Waals surface area (Å²) in [5.74, 6) is 0. The number of hydrogen-bond acceptors (Lipinski definition) is 1. The van der Waals surface area contributed by atoms with E-state index in [1.165, 1.54) is 11.4 Å². The molecule has 0 aliphatic carbocycles. The Bertz CT molecular complexity index is 231. The van der Waals surface area contributed by atoms with Crippen LogP contribution in [0.3, 0.4) is 0 Å². The van der Waals surface area contributed by atoms with E-state index in [-0.39, 0.29) is 4.47 Å². The van der Waals surface area contributed by atoms with Crippen molar-refractivity contribution >= 4 is 39.0 Å². The van der Waals surface area contributed by atoms with Crippen LogP contribution in [0.2, 0.25) is 0 Å². The molecule has 0 unspecified atom stereocenters. The molecule has 0 amide bonds. The van der Waals surface area contributed by atoms with Gasteiger partial charge in [0.15, 0.2) is 0 Å². The van der Waals surface area contributed by atoms with E-state index in [0.29, 0.717) is 11.3 Å². The molecule has 0 bridgehead atoms. The second-order valence-corrected chi connectivity index (χ2v) is 3.51. The van der Waals surface area contributed by atoms with Crippen LogP contribution in [-0.2, 0) is 0 Å². The highest BCUT2D eigenvalue weighted by molar-refractivity contribution is 9.10. The summed E-state index contributed by atoms with van der Waals surface area (Å²) in [5.41, 5.74) is 0. The molecule has 1 rings (SSSR count). The number of hydrogen-bond donors (Lipinski definition) is 0. The van der Waals surface area contributed by atoms with Gasteiger partial charge < -0.3 is 12.9 Å². The number of halogens is 4. The Morgan fingerprint density at radius 2 is 2.00 bits per heavy atom. The van der Waals surface area contributed by atoms with Gasteiger partial charge in [-0.3, -0.25) is 0 Å². The third kappa shape index (κ3) is 1.55. The molecular formula is C4H2BBrF3S-. The van der Waals surface area contributed by atoms with Crippen molar-refractivity contribution in [3.63, 3.8) is 0 Å². The van der Waals surface area contributed by atoms with Crippen molar-refractivity contribution in [2.24, 2.45) is 0 Å². The van der Waals surface area contributed by atoms with Crippen LogP contribution in [0.5, 0.6) is 0 Å². The lowest BCUT2D eigenvalue weighted by Gasteiger charge is -2.11. The van der Waals surface area contributed by atoms with Gasteiger partial charge in [-0.05, 0) is 16.2 Å². The summed E-state index contributed by atoms with van der Waals surface area (Å²) in [6.07, 6.45) is 0. The first-order chi connectivity index (χ1) is 4.52. The molecule has 0 radical (unpaired) electrons. The molecule has 1 aromatic rings. The van der Waals surface area contributed by atoms with E-state index >= 15 is 0 Å². The number of rotatable bonds is 1. The Balaban J connectivity index is 3.05. The standard InChI is InChI=1S/C4H2BBrF3S/c6-3-1-2-10-4(3)5(7,8)9/h1-2H/q-1. The molecule has 6 heteroatoms. The molecule has 1 heterocycles. The lowest BCUT2D eigenvalue weighted by atomic mass is 9.90. The van der Waals surface area contributed by atoms with Crippen molar-refractivity contribution in [2.75, 3.05) is 0 Å². The summed E-state index contributed by atoms with van der Waals surface area (Å²) >= 11 is 3.52. The maximum atomic E-state index is 11.9. The highest BCUT2D eigenvalue weighted by atomic mass is 79.9. The average molecular weight is 230 g/mol. The van der Waals surface area contributed by atoms with E-state index < -0.39 is 11.8 Å². The molecule has 1 aromatic heterocycles. The van der Waals surface area contributed by atoms with E-state index in [9.17, 15) is 12.9 Å². The van der Waals surface area contributed by atoms with Crippen molar-refractivity contribution < 1.29 is 12.9 Å². The predicted octanol–water partition coefficient (Wildman–Crippen LogP) is 2.57.